The molecule has 0 amide bonds. The summed E-state index contributed by atoms with van der Waals surface area (Å²) in [7, 11) is -0.656. The van der Waals surface area contributed by atoms with Crippen LogP contribution in [0.4, 0.5) is 8.78 Å². The van der Waals surface area contributed by atoms with Gasteiger partial charge in [0.2, 0.25) is 0 Å². The van der Waals surface area contributed by atoms with Crippen LogP contribution in [-0.4, -0.2) is 41.9 Å². The zero-order valence-corrected chi connectivity index (χ0v) is 22.1. The molecule has 0 saturated heterocycles. The Kier molecular flexibility index (Phi) is 6.94. The Balaban J connectivity index is 1.63. The van der Waals surface area contributed by atoms with Crippen molar-refractivity contribution >= 4 is 42.6 Å². The fourth-order valence-corrected chi connectivity index (χ4v) is 5.78. The Morgan fingerprint density at radius 1 is 1.14 bits per heavy atom. The first-order chi connectivity index (χ1) is 16.9. The number of aromatic nitrogens is 1. The van der Waals surface area contributed by atoms with Crippen LogP contribution in [0.25, 0.3) is 10.9 Å². The lowest BCUT2D eigenvalue weighted by molar-refractivity contribution is 0.104. The lowest BCUT2D eigenvalue weighted by Gasteiger charge is -2.29. The molecule has 188 valence electrons. The first kappa shape index (κ1) is 25.8. The summed E-state index contributed by atoms with van der Waals surface area (Å²) in [4.78, 5) is 14.0. The van der Waals surface area contributed by atoms with Gasteiger partial charge in [0.1, 0.15) is 27.9 Å². The number of hydrogen-bond acceptors (Lipinski definition) is 5. The second-order valence-corrected chi connectivity index (χ2v) is 11.9. The Morgan fingerprint density at radius 2 is 1.83 bits per heavy atom. The smallest absolute Gasteiger partial charge is 0.251 e. The summed E-state index contributed by atoms with van der Waals surface area (Å²) in [6.45, 7) is 1.36. The summed E-state index contributed by atoms with van der Waals surface area (Å²) in [5.41, 5.74) is 0.217. The van der Waals surface area contributed by atoms with Crippen molar-refractivity contribution in [2.75, 3.05) is 14.1 Å². The number of nitrogens with zero attached hydrogens (tertiary/aromatic N) is 2. The van der Waals surface area contributed by atoms with Crippen LogP contribution in [0.3, 0.4) is 0 Å². The number of carbonyl (C=O) groups excluding carboxylic acids is 1. The van der Waals surface area contributed by atoms with E-state index in [2.05, 4.69) is 15.9 Å². The summed E-state index contributed by atoms with van der Waals surface area (Å²) < 4.78 is 61.5. The van der Waals surface area contributed by atoms with Crippen LogP contribution in [0.15, 0.2) is 83.4 Å². The lowest BCUT2D eigenvalue weighted by atomic mass is 10.0. The van der Waals surface area contributed by atoms with Gasteiger partial charge in [-0.1, -0.05) is 22.0 Å². The number of benzene rings is 2. The van der Waals surface area contributed by atoms with E-state index in [4.69, 9.17) is 4.74 Å². The first-order valence-electron chi connectivity index (χ1n) is 10.9. The van der Waals surface area contributed by atoms with E-state index in [0.29, 0.717) is 21.1 Å². The van der Waals surface area contributed by atoms with Gasteiger partial charge in [-0.15, -0.1) is 0 Å². The van der Waals surface area contributed by atoms with Crippen LogP contribution in [0.2, 0.25) is 0 Å². The summed E-state index contributed by atoms with van der Waals surface area (Å²) in [5.74, 6) is -1.34. The van der Waals surface area contributed by atoms with Crippen LogP contribution in [0.5, 0.6) is 11.5 Å². The molecule has 1 aliphatic carbocycles. The van der Waals surface area contributed by atoms with Crippen LogP contribution in [0, 0.1) is 5.82 Å². The quantitative estimate of drug-likeness (QED) is 0.244. The van der Waals surface area contributed by atoms with E-state index in [9.17, 15) is 22.0 Å². The number of carbonyl (C=O) groups is 1. The predicted octanol–water partition coefficient (Wildman–Crippen LogP) is 6.30. The van der Waals surface area contributed by atoms with Crippen molar-refractivity contribution in [3.8, 4) is 11.5 Å². The summed E-state index contributed by atoms with van der Waals surface area (Å²) in [6, 6.07) is 10.2. The van der Waals surface area contributed by atoms with E-state index in [1.165, 1.54) is 37.5 Å². The van der Waals surface area contributed by atoms with Crippen molar-refractivity contribution < 1.29 is 26.7 Å². The van der Waals surface area contributed by atoms with Crippen molar-refractivity contribution in [3.63, 3.8) is 0 Å². The second kappa shape index (κ2) is 9.67. The molecule has 1 atom stereocenters. The van der Waals surface area contributed by atoms with Gasteiger partial charge in [-0.3, -0.25) is 4.79 Å². The number of allylic oxidation sites excluding steroid dienone is 4. The summed E-state index contributed by atoms with van der Waals surface area (Å²) in [6.07, 6.45) is 6.92. The zero-order chi connectivity index (χ0) is 26.3. The highest BCUT2D eigenvalue weighted by atomic mass is 79.9. The molecule has 1 aromatic heterocycles. The van der Waals surface area contributed by atoms with Crippen molar-refractivity contribution in [3.05, 3.63) is 94.8 Å². The number of ether oxygens (including phenoxy) is 1. The minimum Gasteiger partial charge on any atom is -0.457 e. The molecular formula is C26H23BrF2N2O4S. The van der Waals surface area contributed by atoms with Gasteiger partial charge in [-0.2, -0.15) is 0 Å². The van der Waals surface area contributed by atoms with Crippen molar-refractivity contribution in [2.45, 2.75) is 18.1 Å². The summed E-state index contributed by atoms with van der Waals surface area (Å²) in [5, 5.41) is 0.545. The maximum absolute atomic E-state index is 14.8. The van der Waals surface area contributed by atoms with Gasteiger partial charge in [0.05, 0.1) is 11.1 Å². The fraction of sp³-hybridized carbons (Fsp3) is 0.192. The van der Waals surface area contributed by atoms with Crippen molar-refractivity contribution in [2.24, 2.45) is 0 Å². The minimum absolute atomic E-state index is 0.0194. The standard InChI is InChI=1S/C26H23BrF2N2O4S/c1-26(11-8-18(27)15-25(26)29)36(33,34)31-13-9-17-14-19(5-7-23(17)31)35-20-4-6-22(28)21(16-20)24(32)10-12-30(2)3/h4-10,12-16H,11H2,1-3H3/b12-10+. The Morgan fingerprint density at radius 3 is 2.53 bits per heavy atom. The largest absolute Gasteiger partial charge is 0.457 e. The highest BCUT2D eigenvalue weighted by molar-refractivity contribution is 9.11. The van der Waals surface area contributed by atoms with Gasteiger partial charge < -0.3 is 9.64 Å². The van der Waals surface area contributed by atoms with Gasteiger partial charge >= 0.3 is 0 Å². The van der Waals surface area contributed by atoms with Crippen molar-refractivity contribution in [1.82, 2.24) is 8.87 Å². The second-order valence-electron chi connectivity index (χ2n) is 8.74. The van der Waals surface area contributed by atoms with Gasteiger partial charge in [0, 0.05) is 42.4 Å². The van der Waals surface area contributed by atoms with Gasteiger partial charge in [-0.05, 0) is 61.9 Å². The van der Waals surface area contributed by atoms with E-state index in [1.54, 1.807) is 49.3 Å². The first-order valence-corrected chi connectivity index (χ1v) is 13.1. The molecule has 2 aromatic carbocycles. The zero-order valence-electron chi connectivity index (χ0n) is 19.7. The molecule has 36 heavy (non-hydrogen) atoms. The molecule has 3 aromatic rings. The molecule has 0 radical (unpaired) electrons. The van der Waals surface area contributed by atoms with E-state index in [1.807, 2.05) is 0 Å². The molecule has 0 aliphatic heterocycles. The van der Waals surface area contributed by atoms with Crippen LogP contribution in [0.1, 0.15) is 23.7 Å². The maximum atomic E-state index is 14.8. The minimum atomic E-state index is -4.14. The van der Waals surface area contributed by atoms with Gasteiger partial charge in [0.25, 0.3) is 10.0 Å². The Labute approximate surface area is 216 Å². The van der Waals surface area contributed by atoms with E-state index in [0.717, 1.165) is 16.1 Å². The van der Waals surface area contributed by atoms with Crippen LogP contribution < -0.4 is 4.74 Å². The van der Waals surface area contributed by atoms with Crippen LogP contribution >= 0.6 is 15.9 Å². The van der Waals surface area contributed by atoms with E-state index < -0.39 is 32.2 Å². The molecule has 0 saturated carbocycles. The average molecular weight is 577 g/mol. The van der Waals surface area contributed by atoms with Gasteiger partial charge in [-0.25, -0.2) is 21.2 Å². The fourth-order valence-electron chi connectivity index (χ4n) is 3.74. The number of halogens is 3. The maximum Gasteiger partial charge on any atom is 0.251 e. The molecule has 0 fully saturated rings. The Bertz CT molecular complexity index is 1560. The molecule has 1 unspecified atom stereocenters. The number of rotatable bonds is 7. The average Bonchev–Trinajstić information content (AvgIpc) is 3.25. The highest BCUT2D eigenvalue weighted by Gasteiger charge is 2.45. The molecular weight excluding hydrogens is 554 g/mol. The van der Waals surface area contributed by atoms with E-state index in [-0.39, 0.29) is 17.7 Å². The SMILES string of the molecule is CN(C)/C=C/C(=O)c1cc(Oc2ccc3c(ccn3S(=O)(=O)C3(C)CC=C(Br)C=C3F)c2)ccc1F. The number of ketones is 1. The number of hydrogen-bond donors (Lipinski definition) is 0. The molecule has 1 aliphatic rings. The van der Waals surface area contributed by atoms with E-state index >= 15 is 0 Å². The third-order valence-electron chi connectivity index (χ3n) is 5.87. The highest BCUT2D eigenvalue weighted by Crippen LogP contribution is 2.40. The molecule has 4 rings (SSSR count). The molecule has 0 N–H and O–H groups in total. The lowest BCUT2D eigenvalue weighted by Crippen LogP contribution is -2.40. The number of fused-ring (bicyclic) bond motifs is 1. The Hall–Kier alpha value is -3.24. The normalized spacial score (nSPS) is 18.3. The third-order valence-corrected chi connectivity index (χ3v) is 8.76. The monoisotopic (exact) mass is 576 g/mol. The molecule has 0 spiro atoms. The van der Waals surface area contributed by atoms with Crippen LogP contribution in [-0.2, 0) is 10.0 Å². The van der Waals surface area contributed by atoms with Crippen molar-refractivity contribution in [1.29, 1.82) is 0 Å². The summed E-state index contributed by atoms with van der Waals surface area (Å²) >= 11 is 3.18. The topological polar surface area (TPSA) is 68.6 Å². The molecule has 6 nitrogen and oxygen atoms in total. The third kappa shape index (κ3) is 4.75. The van der Waals surface area contributed by atoms with Gasteiger partial charge in [0.15, 0.2) is 5.78 Å². The molecule has 1 heterocycles. The molecule has 10 heteroatoms. The molecule has 0 bridgehead atoms. The predicted molar refractivity (Wildman–Crippen MR) is 139 cm³/mol.